The number of carbonyl (C=O) groups is 3. The van der Waals surface area contributed by atoms with Crippen molar-refractivity contribution in [1.82, 2.24) is 0 Å². The van der Waals surface area contributed by atoms with Crippen LogP contribution in [0.2, 0.25) is 0 Å². The minimum atomic E-state index is -0.806. The third-order valence-electron chi connectivity index (χ3n) is 11.2. The number of allylic oxidation sites excluding steroid dienone is 16. The summed E-state index contributed by atoms with van der Waals surface area (Å²) < 4.78 is 16.8. The molecule has 0 aromatic rings. The smallest absolute Gasteiger partial charge is 0.306 e. The van der Waals surface area contributed by atoms with Gasteiger partial charge in [-0.3, -0.25) is 14.4 Å². The minimum Gasteiger partial charge on any atom is -0.462 e. The van der Waals surface area contributed by atoms with E-state index in [2.05, 4.69) is 57.2 Å². The summed E-state index contributed by atoms with van der Waals surface area (Å²) in [6, 6.07) is 0. The summed E-state index contributed by atoms with van der Waals surface area (Å²) in [5.74, 6) is -0.961. The number of rotatable bonds is 47. The van der Waals surface area contributed by atoms with Crippen molar-refractivity contribution < 1.29 is 28.6 Å². The van der Waals surface area contributed by atoms with E-state index < -0.39 is 6.10 Å². The van der Waals surface area contributed by atoms with Crippen molar-refractivity contribution in [3.63, 3.8) is 0 Å². The van der Waals surface area contributed by atoms with Gasteiger partial charge in [-0.2, -0.15) is 0 Å². The summed E-state index contributed by atoms with van der Waals surface area (Å²) in [6.45, 7) is 6.40. The topological polar surface area (TPSA) is 78.9 Å². The molecule has 0 aliphatic rings. The molecule has 0 saturated heterocycles. The summed E-state index contributed by atoms with van der Waals surface area (Å²) in [4.78, 5) is 38.0. The maximum atomic E-state index is 12.8. The molecule has 0 aromatic heterocycles. The normalized spacial score (nSPS) is 12.8. The first kappa shape index (κ1) is 61.3. The fraction of sp³-hybridized carbons (Fsp3) is 0.678. The van der Waals surface area contributed by atoms with Crippen LogP contribution in [0.3, 0.4) is 0 Å². The third kappa shape index (κ3) is 51.2. The number of esters is 3. The highest BCUT2D eigenvalue weighted by Gasteiger charge is 2.19. The van der Waals surface area contributed by atoms with Gasteiger partial charge in [-0.05, 0) is 83.5 Å². The van der Waals surface area contributed by atoms with Crippen LogP contribution in [-0.2, 0) is 28.6 Å². The van der Waals surface area contributed by atoms with Gasteiger partial charge >= 0.3 is 17.9 Å². The molecule has 0 heterocycles. The van der Waals surface area contributed by atoms with Crippen LogP contribution in [0.25, 0.3) is 0 Å². The Balaban J connectivity index is 4.45. The number of hydrogen-bond donors (Lipinski definition) is 0. The second-order valence-corrected chi connectivity index (χ2v) is 17.5. The van der Waals surface area contributed by atoms with Crippen molar-refractivity contribution in [2.75, 3.05) is 13.2 Å². The van der Waals surface area contributed by atoms with E-state index in [1.165, 1.54) is 116 Å². The Morgan fingerprint density at radius 2 is 0.631 bits per heavy atom. The van der Waals surface area contributed by atoms with Gasteiger partial charge in [0, 0.05) is 19.3 Å². The zero-order valence-electron chi connectivity index (χ0n) is 42.2. The molecule has 370 valence electrons. The van der Waals surface area contributed by atoms with Gasteiger partial charge in [0.15, 0.2) is 6.10 Å². The summed E-state index contributed by atoms with van der Waals surface area (Å²) >= 11 is 0. The summed E-state index contributed by atoms with van der Waals surface area (Å²) in [7, 11) is 0. The Morgan fingerprint density at radius 1 is 0.323 bits per heavy atom. The average molecular weight is 903 g/mol. The van der Waals surface area contributed by atoms with Crippen LogP contribution in [-0.4, -0.2) is 37.2 Å². The molecular formula is C59H98O6. The lowest BCUT2D eigenvalue weighted by molar-refractivity contribution is -0.167. The second-order valence-electron chi connectivity index (χ2n) is 17.5. The van der Waals surface area contributed by atoms with Gasteiger partial charge in [0.1, 0.15) is 13.2 Å². The van der Waals surface area contributed by atoms with Crippen LogP contribution in [0.1, 0.15) is 239 Å². The van der Waals surface area contributed by atoms with Gasteiger partial charge < -0.3 is 14.2 Å². The molecule has 0 spiro atoms. The van der Waals surface area contributed by atoms with Crippen LogP contribution in [0.15, 0.2) is 97.2 Å². The Bertz CT molecular complexity index is 1310. The number of unbranched alkanes of at least 4 members (excludes halogenated alkanes) is 25. The first-order valence-corrected chi connectivity index (χ1v) is 26.8. The fourth-order valence-electron chi connectivity index (χ4n) is 7.15. The Labute approximate surface area is 400 Å². The van der Waals surface area contributed by atoms with Gasteiger partial charge in [0.2, 0.25) is 0 Å². The van der Waals surface area contributed by atoms with E-state index in [1.54, 1.807) is 0 Å². The van der Waals surface area contributed by atoms with Crippen LogP contribution < -0.4 is 0 Å². The van der Waals surface area contributed by atoms with Crippen molar-refractivity contribution in [1.29, 1.82) is 0 Å². The molecule has 0 aliphatic carbocycles. The van der Waals surface area contributed by atoms with Crippen LogP contribution in [0.5, 0.6) is 0 Å². The highest BCUT2D eigenvalue weighted by Crippen LogP contribution is 2.14. The fourth-order valence-corrected chi connectivity index (χ4v) is 7.15. The molecule has 0 radical (unpaired) electrons. The van der Waals surface area contributed by atoms with E-state index in [-0.39, 0.29) is 37.5 Å². The van der Waals surface area contributed by atoms with Crippen molar-refractivity contribution >= 4 is 17.9 Å². The molecular weight excluding hydrogens is 805 g/mol. The van der Waals surface area contributed by atoms with Crippen molar-refractivity contribution in [3.05, 3.63) is 97.2 Å². The van der Waals surface area contributed by atoms with Gasteiger partial charge in [-0.25, -0.2) is 0 Å². The zero-order chi connectivity index (χ0) is 47.2. The van der Waals surface area contributed by atoms with E-state index in [9.17, 15) is 14.4 Å². The molecule has 0 saturated carbocycles. The standard InChI is InChI=1S/C59H98O6/c1-4-7-10-13-16-19-22-24-26-28-29-31-32-34-37-40-43-46-49-52-58(61)64-55-56(54-63-57(60)51-48-45-42-39-36-21-18-15-12-9-6-3)65-59(62)53-50-47-44-41-38-35-33-30-27-25-23-20-17-14-11-8-5-2/h8,11,14-15,17-18,20,23,25,27-30,33,35,38,56H,4-7,9-10,12-13,16,19,21-22,24,26,31-32,34,36-37,39-55H2,1-3H3/b11-8-,17-14-,18-15-,23-20-,27-25-,29-28-,33-30+,38-35-. The predicted octanol–water partition coefficient (Wildman–Crippen LogP) is 17.8. The lowest BCUT2D eigenvalue weighted by Crippen LogP contribution is -2.30. The molecule has 0 N–H and O–H groups in total. The summed E-state index contributed by atoms with van der Waals surface area (Å²) in [6.07, 6.45) is 69.6. The second kappa shape index (κ2) is 52.9. The van der Waals surface area contributed by atoms with Gasteiger partial charge in [0.05, 0.1) is 0 Å². The van der Waals surface area contributed by atoms with E-state index >= 15 is 0 Å². The quantitative estimate of drug-likeness (QED) is 0.0199. The van der Waals surface area contributed by atoms with Gasteiger partial charge in [0.25, 0.3) is 0 Å². The van der Waals surface area contributed by atoms with E-state index in [1.807, 2.05) is 60.8 Å². The third-order valence-corrected chi connectivity index (χ3v) is 11.2. The predicted molar refractivity (Wildman–Crippen MR) is 279 cm³/mol. The molecule has 1 atom stereocenters. The number of ether oxygens (including phenoxy) is 3. The van der Waals surface area contributed by atoms with Crippen LogP contribution >= 0.6 is 0 Å². The maximum Gasteiger partial charge on any atom is 0.306 e. The first-order chi connectivity index (χ1) is 32.0. The molecule has 6 nitrogen and oxygen atoms in total. The van der Waals surface area contributed by atoms with E-state index in [0.29, 0.717) is 19.3 Å². The largest absolute Gasteiger partial charge is 0.462 e. The molecule has 0 aromatic carbocycles. The van der Waals surface area contributed by atoms with E-state index in [4.69, 9.17) is 14.2 Å². The Morgan fingerprint density at radius 3 is 1.05 bits per heavy atom. The molecule has 6 heteroatoms. The molecule has 0 bridgehead atoms. The average Bonchev–Trinajstić information content (AvgIpc) is 3.30. The van der Waals surface area contributed by atoms with Gasteiger partial charge in [-0.15, -0.1) is 0 Å². The Kier molecular flexibility index (Phi) is 50.0. The highest BCUT2D eigenvalue weighted by molar-refractivity contribution is 5.71. The summed E-state index contributed by atoms with van der Waals surface area (Å²) in [5, 5.41) is 0. The highest BCUT2D eigenvalue weighted by atomic mass is 16.6. The lowest BCUT2D eigenvalue weighted by Gasteiger charge is -2.18. The maximum absolute atomic E-state index is 12.8. The van der Waals surface area contributed by atoms with Crippen molar-refractivity contribution in [3.8, 4) is 0 Å². The SMILES string of the molecule is CC\C=C/C=C\C=C/C=C\C=C\C=C/CCCCCC(=O)OC(COC(=O)CCCCCCC/C=C\CCCC)COC(=O)CCCCCCCCC/C=C\CCCCCCCCCC. The number of hydrogen-bond acceptors (Lipinski definition) is 6. The molecule has 0 amide bonds. The summed E-state index contributed by atoms with van der Waals surface area (Å²) in [5.41, 5.74) is 0. The van der Waals surface area contributed by atoms with Crippen molar-refractivity contribution in [2.24, 2.45) is 0 Å². The number of carbonyl (C=O) groups excluding carboxylic acids is 3. The molecule has 0 fully saturated rings. The molecule has 1 unspecified atom stereocenters. The Hall–Kier alpha value is -3.67. The lowest BCUT2D eigenvalue weighted by atomic mass is 10.1. The van der Waals surface area contributed by atoms with Gasteiger partial charge in [-0.1, -0.05) is 234 Å². The zero-order valence-corrected chi connectivity index (χ0v) is 42.2. The van der Waals surface area contributed by atoms with Crippen molar-refractivity contribution in [2.45, 2.75) is 245 Å². The van der Waals surface area contributed by atoms with Crippen LogP contribution in [0, 0.1) is 0 Å². The molecule has 0 aliphatic heterocycles. The molecule has 65 heavy (non-hydrogen) atoms. The monoisotopic (exact) mass is 903 g/mol. The first-order valence-electron chi connectivity index (χ1n) is 26.8. The molecule has 0 rings (SSSR count). The van der Waals surface area contributed by atoms with Crippen LogP contribution in [0.4, 0.5) is 0 Å². The minimum absolute atomic E-state index is 0.101. The van der Waals surface area contributed by atoms with E-state index in [0.717, 1.165) is 77.0 Å².